The zero-order chi connectivity index (χ0) is 14.4. The van der Waals surface area contributed by atoms with Gasteiger partial charge >= 0.3 is 0 Å². The highest BCUT2D eigenvalue weighted by Crippen LogP contribution is 2.65. The Morgan fingerprint density at radius 3 is 1.00 bits per heavy atom. The molecular formula is C20H31BO. The van der Waals surface area contributed by atoms with Crippen LogP contribution in [0.1, 0.15) is 64.2 Å². The molecule has 0 aromatic rings. The Morgan fingerprint density at radius 1 is 0.455 bits per heavy atom. The molecular weight excluding hydrogens is 267 g/mol. The van der Waals surface area contributed by atoms with Crippen molar-refractivity contribution in [2.24, 2.45) is 47.3 Å². The van der Waals surface area contributed by atoms with Gasteiger partial charge < -0.3 is 5.02 Å². The van der Waals surface area contributed by atoms with Crippen molar-refractivity contribution in [1.82, 2.24) is 0 Å². The fourth-order valence-corrected chi connectivity index (χ4v) is 9.31. The van der Waals surface area contributed by atoms with Gasteiger partial charge in [-0.2, -0.15) is 0 Å². The van der Waals surface area contributed by atoms with Crippen LogP contribution < -0.4 is 0 Å². The predicted octanol–water partition coefficient (Wildman–Crippen LogP) is 4.62. The maximum Gasteiger partial charge on any atom is 0.296 e. The van der Waals surface area contributed by atoms with Crippen LogP contribution in [-0.4, -0.2) is 11.9 Å². The third-order valence-electron chi connectivity index (χ3n) is 9.39. The topological polar surface area (TPSA) is 20.2 Å². The molecule has 0 radical (unpaired) electrons. The highest BCUT2D eigenvalue weighted by atomic mass is 16.2. The van der Waals surface area contributed by atoms with Gasteiger partial charge in [-0.1, -0.05) is 0 Å². The molecule has 2 heteroatoms. The van der Waals surface area contributed by atoms with Crippen LogP contribution in [0.2, 0.25) is 11.6 Å². The first-order chi connectivity index (χ1) is 10.7. The van der Waals surface area contributed by atoms with Crippen LogP contribution in [-0.2, 0) is 0 Å². The molecule has 0 aromatic heterocycles. The van der Waals surface area contributed by atoms with E-state index in [-0.39, 0.29) is 6.92 Å². The van der Waals surface area contributed by atoms with Crippen molar-refractivity contribution in [1.29, 1.82) is 0 Å². The van der Waals surface area contributed by atoms with Gasteiger partial charge in [-0.25, -0.2) is 0 Å². The van der Waals surface area contributed by atoms with Crippen molar-refractivity contribution in [3.63, 3.8) is 0 Å². The molecule has 0 spiro atoms. The zero-order valence-electron chi connectivity index (χ0n) is 13.9. The second-order valence-electron chi connectivity index (χ2n) is 10.5. The van der Waals surface area contributed by atoms with Crippen molar-refractivity contribution >= 4 is 6.92 Å². The summed E-state index contributed by atoms with van der Waals surface area (Å²) in [7, 11) is 0. The SMILES string of the molecule is OB(C1C2CC3CC(C2)CC1C3)C1C2CC3CC(C2)CC1C3. The Hall–Kier alpha value is 0.0249. The van der Waals surface area contributed by atoms with Crippen LogP contribution in [0.15, 0.2) is 0 Å². The average molecular weight is 298 g/mol. The van der Waals surface area contributed by atoms with E-state index in [0.717, 1.165) is 47.3 Å². The summed E-state index contributed by atoms with van der Waals surface area (Å²) in [6.07, 6.45) is 14.9. The van der Waals surface area contributed by atoms with E-state index in [4.69, 9.17) is 0 Å². The van der Waals surface area contributed by atoms with Gasteiger partial charge in [0.15, 0.2) is 0 Å². The zero-order valence-corrected chi connectivity index (χ0v) is 13.9. The fourth-order valence-electron chi connectivity index (χ4n) is 9.31. The third kappa shape index (κ3) is 1.77. The summed E-state index contributed by atoms with van der Waals surface area (Å²) < 4.78 is 0. The minimum absolute atomic E-state index is 0.0741. The van der Waals surface area contributed by atoms with E-state index in [1.54, 1.807) is 0 Å². The van der Waals surface area contributed by atoms with Gasteiger partial charge in [-0.3, -0.25) is 0 Å². The molecule has 0 saturated heterocycles. The first-order valence-electron chi connectivity index (χ1n) is 10.4. The Balaban J connectivity index is 1.28. The van der Waals surface area contributed by atoms with E-state index < -0.39 is 0 Å². The van der Waals surface area contributed by atoms with Gasteiger partial charge in [0, 0.05) is 0 Å². The number of hydrogen-bond donors (Lipinski definition) is 1. The van der Waals surface area contributed by atoms with E-state index in [0.29, 0.717) is 11.6 Å². The molecule has 120 valence electrons. The Kier molecular flexibility index (Phi) is 2.76. The van der Waals surface area contributed by atoms with E-state index in [2.05, 4.69) is 0 Å². The Bertz CT molecular complexity index is 376. The van der Waals surface area contributed by atoms with Crippen LogP contribution in [0.3, 0.4) is 0 Å². The molecule has 0 unspecified atom stereocenters. The molecule has 8 bridgehead atoms. The normalized spacial score (nSPS) is 61.0. The summed E-state index contributed by atoms with van der Waals surface area (Å²) in [6.45, 7) is 0.0741. The van der Waals surface area contributed by atoms with E-state index in [9.17, 15) is 5.02 Å². The van der Waals surface area contributed by atoms with Crippen molar-refractivity contribution in [2.45, 2.75) is 75.8 Å². The number of rotatable bonds is 2. The van der Waals surface area contributed by atoms with Crippen LogP contribution in [0, 0.1) is 47.3 Å². The van der Waals surface area contributed by atoms with Crippen molar-refractivity contribution in [2.75, 3.05) is 0 Å². The van der Waals surface area contributed by atoms with Crippen LogP contribution in [0.25, 0.3) is 0 Å². The smallest absolute Gasteiger partial charge is 0.296 e. The maximum atomic E-state index is 11.5. The second kappa shape index (κ2) is 4.55. The molecule has 8 saturated carbocycles. The molecule has 8 rings (SSSR count). The van der Waals surface area contributed by atoms with Crippen molar-refractivity contribution in [3.05, 3.63) is 0 Å². The summed E-state index contributed by atoms with van der Waals surface area (Å²) >= 11 is 0. The molecule has 0 aliphatic heterocycles. The summed E-state index contributed by atoms with van der Waals surface area (Å²) in [4.78, 5) is 0. The Labute approximate surface area is 135 Å². The molecule has 8 aliphatic rings. The Morgan fingerprint density at radius 2 is 0.727 bits per heavy atom. The predicted molar refractivity (Wildman–Crippen MR) is 89.6 cm³/mol. The first-order valence-corrected chi connectivity index (χ1v) is 10.4. The molecule has 0 heterocycles. The van der Waals surface area contributed by atoms with E-state index >= 15 is 0 Å². The molecule has 0 amide bonds. The highest BCUT2D eigenvalue weighted by molar-refractivity contribution is 6.54. The summed E-state index contributed by atoms with van der Waals surface area (Å²) in [5.41, 5.74) is 0. The van der Waals surface area contributed by atoms with E-state index in [1.165, 1.54) is 64.2 Å². The average Bonchev–Trinajstić information content (AvgIpc) is 2.44. The summed E-state index contributed by atoms with van der Waals surface area (Å²) in [6, 6.07) is 0. The number of hydrogen-bond acceptors (Lipinski definition) is 1. The molecule has 1 N–H and O–H groups in total. The lowest BCUT2D eigenvalue weighted by Crippen LogP contribution is -2.54. The van der Waals surface area contributed by atoms with Gasteiger partial charge in [0.2, 0.25) is 0 Å². The lowest BCUT2D eigenvalue weighted by Gasteiger charge is -2.60. The highest BCUT2D eigenvalue weighted by Gasteiger charge is 2.58. The van der Waals surface area contributed by atoms with Crippen molar-refractivity contribution in [3.8, 4) is 0 Å². The molecule has 8 aliphatic carbocycles. The molecule has 8 fully saturated rings. The fraction of sp³-hybridized carbons (Fsp3) is 1.00. The maximum absolute atomic E-state index is 11.5. The molecule has 1 nitrogen and oxygen atoms in total. The van der Waals surface area contributed by atoms with Gasteiger partial charge in [0.1, 0.15) is 0 Å². The monoisotopic (exact) mass is 298 g/mol. The van der Waals surface area contributed by atoms with Crippen LogP contribution in [0.5, 0.6) is 0 Å². The standard InChI is InChI=1S/C20H31BO/c22-21(19-15-3-11-1-12(5-15)6-16(19)4-11)20-17-7-13-2-14(9-17)10-18(20)8-13/h11-20,22H,1-10H2. The molecule has 22 heavy (non-hydrogen) atoms. The van der Waals surface area contributed by atoms with Gasteiger partial charge in [-0.05, 0) is 123 Å². The quantitative estimate of drug-likeness (QED) is 0.737. The third-order valence-corrected chi connectivity index (χ3v) is 9.39. The molecule has 0 atom stereocenters. The van der Waals surface area contributed by atoms with Crippen LogP contribution >= 0.6 is 0 Å². The molecule has 0 aromatic carbocycles. The van der Waals surface area contributed by atoms with E-state index in [1.807, 2.05) is 0 Å². The van der Waals surface area contributed by atoms with Gasteiger partial charge in [-0.15, -0.1) is 0 Å². The summed E-state index contributed by atoms with van der Waals surface area (Å²) in [5.74, 6) is 9.22. The minimum Gasteiger partial charge on any atom is -0.450 e. The lowest BCUT2D eigenvalue weighted by molar-refractivity contribution is -0.00308. The van der Waals surface area contributed by atoms with Crippen molar-refractivity contribution < 1.29 is 5.02 Å². The largest absolute Gasteiger partial charge is 0.450 e. The first kappa shape index (κ1) is 13.3. The van der Waals surface area contributed by atoms with Gasteiger partial charge in [0.25, 0.3) is 6.92 Å². The lowest BCUT2D eigenvalue weighted by atomic mass is 9.29. The minimum atomic E-state index is 0.0741. The second-order valence-corrected chi connectivity index (χ2v) is 10.5. The van der Waals surface area contributed by atoms with Gasteiger partial charge in [0.05, 0.1) is 0 Å². The van der Waals surface area contributed by atoms with Crippen LogP contribution in [0.4, 0.5) is 0 Å². The summed E-state index contributed by atoms with van der Waals surface area (Å²) in [5, 5.41) is 11.5.